The summed E-state index contributed by atoms with van der Waals surface area (Å²) in [5.74, 6) is -3.94. The van der Waals surface area contributed by atoms with Crippen LogP contribution in [0.5, 0.6) is 0 Å². The Kier molecular flexibility index (Phi) is 3.39. The molecule has 0 aliphatic carbocycles. The van der Waals surface area contributed by atoms with Gasteiger partial charge in [0.2, 0.25) is 0 Å². The molecule has 0 aliphatic heterocycles. The van der Waals surface area contributed by atoms with Crippen LogP contribution in [0, 0.1) is 24.4 Å². The molecule has 0 spiro atoms. The van der Waals surface area contributed by atoms with E-state index in [4.69, 9.17) is 5.73 Å². The highest BCUT2D eigenvalue weighted by molar-refractivity contribution is 5.34. The number of halogens is 3. The van der Waals surface area contributed by atoms with Gasteiger partial charge in [-0.2, -0.15) is 0 Å². The van der Waals surface area contributed by atoms with Gasteiger partial charge in [-0.25, -0.2) is 13.2 Å². The number of nitrogens with two attached hydrogens (primary N) is 1. The quantitative estimate of drug-likeness (QED) is 0.813. The van der Waals surface area contributed by atoms with Gasteiger partial charge >= 0.3 is 0 Å². The van der Waals surface area contributed by atoms with Gasteiger partial charge in [-0.15, -0.1) is 0 Å². The number of aryl methyl sites for hydroxylation is 1. The van der Waals surface area contributed by atoms with Crippen LogP contribution in [0.4, 0.5) is 13.2 Å². The van der Waals surface area contributed by atoms with E-state index in [-0.39, 0.29) is 5.56 Å². The van der Waals surface area contributed by atoms with E-state index >= 15 is 0 Å². The molecule has 94 valence electrons. The monoisotopic (exact) mass is 251 g/mol. The van der Waals surface area contributed by atoms with E-state index in [0.29, 0.717) is 5.56 Å². The largest absolute Gasteiger partial charge is 0.320 e. The maximum Gasteiger partial charge on any atom is 0.194 e. The Morgan fingerprint density at radius 2 is 1.50 bits per heavy atom. The van der Waals surface area contributed by atoms with Crippen molar-refractivity contribution < 1.29 is 13.2 Å². The molecule has 1 unspecified atom stereocenters. The highest BCUT2D eigenvalue weighted by atomic mass is 19.2. The number of hydrogen-bond acceptors (Lipinski definition) is 1. The molecule has 2 N–H and O–H groups in total. The third-order valence-corrected chi connectivity index (χ3v) is 2.84. The predicted octanol–water partition coefficient (Wildman–Crippen LogP) is 3.46. The molecule has 0 aromatic heterocycles. The highest BCUT2D eigenvalue weighted by Gasteiger charge is 2.19. The maximum atomic E-state index is 13.6. The Labute approximate surface area is 103 Å². The molecule has 2 aromatic rings. The van der Waals surface area contributed by atoms with Gasteiger partial charge in [0.1, 0.15) is 0 Å². The summed E-state index contributed by atoms with van der Waals surface area (Å²) in [5.41, 5.74) is 7.48. The molecule has 2 aromatic carbocycles. The fourth-order valence-corrected chi connectivity index (χ4v) is 1.73. The summed E-state index contributed by atoms with van der Waals surface area (Å²) in [6.45, 7) is 1.91. The number of rotatable bonds is 2. The second-order valence-electron chi connectivity index (χ2n) is 4.15. The summed E-state index contributed by atoms with van der Waals surface area (Å²) in [6, 6.07) is 8.35. The molecule has 0 saturated heterocycles. The van der Waals surface area contributed by atoms with Crippen LogP contribution in [0.1, 0.15) is 22.7 Å². The van der Waals surface area contributed by atoms with E-state index in [1.165, 1.54) is 0 Å². The minimum atomic E-state index is -1.49. The smallest absolute Gasteiger partial charge is 0.194 e. The second-order valence-corrected chi connectivity index (χ2v) is 4.15. The lowest BCUT2D eigenvalue weighted by atomic mass is 9.98. The van der Waals surface area contributed by atoms with Crippen LogP contribution in [0.3, 0.4) is 0 Å². The minimum absolute atomic E-state index is 0.0576. The Morgan fingerprint density at radius 3 is 2.11 bits per heavy atom. The first kappa shape index (κ1) is 12.6. The molecule has 0 amide bonds. The van der Waals surface area contributed by atoms with E-state index < -0.39 is 23.5 Å². The Bertz CT molecular complexity index is 564. The van der Waals surface area contributed by atoms with E-state index in [2.05, 4.69) is 0 Å². The molecule has 0 radical (unpaired) electrons. The summed E-state index contributed by atoms with van der Waals surface area (Å²) < 4.78 is 39.5. The maximum absolute atomic E-state index is 13.6. The zero-order chi connectivity index (χ0) is 13.3. The lowest BCUT2D eigenvalue weighted by Crippen LogP contribution is -2.15. The third-order valence-electron chi connectivity index (χ3n) is 2.84. The first-order chi connectivity index (χ1) is 8.50. The zero-order valence-electron chi connectivity index (χ0n) is 9.75. The van der Waals surface area contributed by atoms with Crippen molar-refractivity contribution in [2.24, 2.45) is 5.73 Å². The van der Waals surface area contributed by atoms with Crippen molar-refractivity contribution in [3.05, 3.63) is 70.5 Å². The SMILES string of the molecule is Cc1ccc(C(N)c2ccc(F)c(F)c2F)cc1. The summed E-state index contributed by atoms with van der Waals surface area (Å²) in [5, 5.41) is 0. The molecule has 4 heteroatoms. The number of benzene rings is 2. The first-order valence-electron chi connectivity index (χ1n) is 5.46. The highest BCUT2D eigenvalue weighted by Crippen LogP contribution is 2.25. The van der Waals surface area contributed by atoms with Gasteiger partial charge in [-0.05, 0) is 18.6 Å². The normalized spacial score (nSPS) is 12.5. The molecule has 0 saturated carbocycles. The summed E-state index contributed by atoms with van der Waals surface area (Å²) >= 11 is 0. The van der Waals surface area contributed by atoms with Crippen molar-refractivity contribution in [2.45, 2.75) is 13.0 Å². The van der Waals surface area contributed by atoms with Crippen LogP contribution in [0.2, 0.25) is 0 Å². The van der Waals surface area contributed by atoms with Crippen molar-refractivity contribution in [1.29, 1.82) is 0 Å². The van der Waals surface area contributed by atoms with Gasteiger partial charge in [-0.3, -0.25) is 0 Å². The van der Waals surface area contributed by atoms with Crippen molar-refractivity contribution in [1.82, 2.24) is 0 Å². The summed E-state index contributed by atoms with van der Waals surface area (Å²) in [7, 11) is 0. The van der Waals surface area contributed by atoms with Crippen LogP contribution < -0.4 is 5.73 Å². The molecular formula is C14H12F3N. The van der Waals surface area contributed by atoms with E-state index in [1.807, 2.05) is 19.1 Å². The van der Waals surface area contributed by atoms with E-state index in [0.717, 1.165) is 17.7 Å². The third kappa shape index (κ3) is 2.24. The molecular weight excluding hydrogens is 239 g/mol. The summed E-state index contributed by atoms with van der Waals surface area (Å²) in [4.78, 5) is 0. The van der Waals surface area contributed by atoms with Crippen molar-refractivity contribution in [3.8, 4) is 0 Å². The van der Waals surface area contributed by atoms with Crippen LogP contribution in [-0.2, 0) is 0 Å². The molecule has 1 nitrogen and oxygen atoms in total. The van der Waals surface area contributed by atoms with Gasteiger partial charge < -0.3 is 5.73 Å². The Balaban J connectivity index is 2.43. The molecule has 1 atom stereocenters. The van der Waals surface area contributed by atoms with Gasteiger partial charge in [0, 0.05) is 5.56 Å². The average molecular weight is 251 g/mol. The first-order valence-corrected chi connectivity index (χ1v) is 5.46. The van der Waals surface area contributed by atoms with E-state index in [1.54, 1.807) is 12.1 Å². The van der Waals surface area contributed by atoms with Crippen molar-refractivity contribution in [2.75, 3.05) is 0 Å². The Hall–Kier alpha value is -1.81. The van der Waals surface area contributed by atoms with Gasteiger partial charge in [-0.1, -0.05) is 35.9 Å². The topological polar surface area (TPSA) is 26.0 Å². The molecule has 2 rings (SSSR count). The van der Waals surface area contributed by atoms with Gasteiger partial charge in [0.15, 0.2) is 17.5 Å². The van der Waals surface area contributed by atoms with Crippen LogP contribution >= 0.6 is 0 Å². The second kappa shape index (κ2) is 4.82. The zero-order valence-corrected chi connectivity index (χ0v) is 9.75. The molecule has 0 bridgehead atoms. The van der Waals surface area contributed by atoms with Crippen molar-refractivity contribution >= 4 is 0 Å². The number of hydrogen-bond donors (Lipinski definition) is 1. The van der Waals surface area contributed by atoms with Crippen LogP contribution in [0.25, 0.3) is 0 Å². The van der Waals surface area contributed by atoms with Crippen molar-refractivity contribution in [3.63, 3.8) is 0 Å². The minimum Gasteiger partial charge on any atom is -0.320 e. The predicted molar refractivity (Wildman–Crippen MR) is 63.5 cm³/mol. The lowest BCUT2D eigenvalue weighted by Gasteiger charge is -2.14. The van der Waals surface area contributed by atoms with Crippen LogP contribution in [0.15, 0.2) is 36.4 Å². The molecule has 18 heavy (non-hydrogen) atoms. The fourth-order valence-electron chi connectivity index (χ4n) is 1.73. The van der Waals surface area contributed by atoms with E-state index in [9.17, 15) is 13.2 Å². The lowest BCUT2D eigenvalue weighted by molar-refractivity contribution is 0.438. The van der Waals surface area contributed by atoms with Gasteiger partial charge in [0.05, 0.1) is 6.04 Å². The Morgan fingerprint density at radius 1 is 0.889 bits per heavy atom. The molecule has 0 heterocycles. The molecule has 0 fully saturated rings. The average Bonchev–Trinajstić information content (AvgIpc) is 2.36. The van der Waals surface area contributed by atoms with Gasteiger partial charge in [0.25, 0.3) is 0 Å². The van der Waals surface area contributed by atoms with Crippen LogP contribution in [-0.4, -0.2) is 0 Å². The standard InChI is InChI=1S/C14H12F3N/c1-8-2-4-9(5-3-8)14(18)10-6-7-11(15)13(17)12(10)16/h2-7,14H,18H2,1H3. The fraction of sp³-hybridized carbons (Fsp3) is 0.143. The molecule has 0 aliphatic rings. The summed E-state index contributed by atoms with van der Waals surface area (Å²) in [6.07, 6.45) is 0.